The lowest BCUT2D eigenvalue weighted by Gasteiger charge is -2.27. The van der Waals surface area contributed by atoms with Crippen LogP contribution in [0, 0.1) is 18.2 Å². The summed E-state index contributed by atoms with van der Waals surface area (Å²) < 4.78 is 18.1. The predicted octanol–water partition coefficient (Wildman–Crippen LogP) is 3.10. The molecular weight excluding hydrogens is 241 g/mol. The van der Waals surface area contributed by atoms with Gasteiger partial charge >= 0.3 is 0 Å². The van der Waals surface area contributed by atoms with E-state index in [0.717, 1.165) is 30.6 Å². The number of halogens is 1. The van der Waals surface area contributed by atoms with Crippen molar-refractivity contribution in [2.24, 2.45) is 5.41 Å². The molecule has 0 fully saturated rings. The van der Waals surface area contributed by atoms with Crippen LogP contribution in [0.15, 0.2) is 30.9 Å². The van der Waals surface area contributed by atoms with Gasteiger partial charge in [0, 0.05) is 25.6 Å². The summed E-state index contributed by atoms with van der Waals surface area (Å²) in [6.07, 6.45) is 2.82. The molecule has 3 heteroatoms. The van der Waals surface area contributed by atoms with Crippen LogP contribution >= 0.6 is 0 Å². The zero-order valence-corrected chi connectivity index (χ0v) is 12.1. The van der Waals surface area contributed by atoms with Gasteiger partial charge in [-0.25, -0.2) is 4.39 Å². The average Bonchev–Trinajstić information content (AvgIpc) is 2.38. The van der Waals surface area contributed by atoms with Gasteiger partial charge in [-0.15, -0.1) is 6.58 Å². The summed E-state index contributed by atoms with van der Waals surface area (Å²) in [5, 5.41) is 3.36. The van der Waals surface area contributed by atoms with Crippen molar-refractivity contribution >= 4 is 0 Å². The maximum absolute atomic E-state index is 13.1. The molecule has 0 aromatic heterocycles. The van der Waals surface area contributed by atoms with Gasteiger partial charge in [0.25, 0.3) is 0 Å². The third-order valence-corrected chi connectivity index (χ3v) is 3.40. The highest BCUT2D eigenvalue weighted by Crippen LogP contribution is 2.25. The van der Waals surface area contributed by atoms with Crippen molar-refractivity contribution in [3.8, 4) is 0 Å². The smallest absolute Gasteiger partial charge is 0.123 e. The molecule has 0 aliphatic heterocycles. The van der Waals surface area contributed by atoms with E-state index in [1.807, 2.05) is 19.1 Å². The fourth-order valence-electron chi connectivity index (χ4n) is 2.05. The fraction of sp³-hybridized carbons (Fsp3) is 0.500. The lowest BCUT2D eigenvalue weighted by atomic mass is 9.82. The number of aryl methyl sites for hydroxylation is 1. The number of hydrogen-bond acceptors (Lipinski definition) is 2. The fourth-order valence-corrected chi connectivity index (χ4v) is 2.05. The number of methoxy groups -OCH3 is 1. The number of benzene rings is 1. The van der Waals surface area contributed by atoms with E-state index in [4.69, 9.17) is 4.74 Å². The summed E-state index contributed by atoms with van der Waals surface area (Å²) in [5.74, 6) is -0.181. The van der Waals surface area contributed by atoms with Crippen molar-refractivity contribution < 1.29 is 9.13 Å². The zero-order chi connectivity index (χ0) is 14.3. The largest absolute Gasteiger partial charge is 0.383 e. The Labute approximate surface area is 115 Å². The van der Waals surface area contributed by atoms with Crippen LogP contribution < -0.4 is 5.32 Å². The molecule has 1 unspecified atom stereocenters. The molecule has 1 atom stereocenters. The minimum Gasteiger partial charge on any atom is -0.383 e. The van der Waals surface area contributed by atoms with Crippen LogP contribution in [-0.2, 0) is 11.2 Å². The molecule has 0 radical (unpaired) electrons. The standard InChI is InChI=1S/C16H24FNO/c1-5-16(3,12-18-8-9-19-4)11-14-6-7-15(17)10-13(14)2/h5-7,10,18H,1,8-9,11-12H2,2-4H3. The van der Waals surface area contributed by atoms with Crippen molar-refractivity contribution in [3.63, 3.8) is 0 Å². The molecule has 1 rings (SSSR count). The minimum atomic E-state index is -0.181. The van der Waals surface area contributed by atoms with E-state index >= 15 is 0 Å². The molecular formula is C16H24FNO. The van der Waals surface area contributed by atoms with Gasteiger partial charge in [0.1, 0.15) is 5.82 Å². The molecule has 2 nitrogen and oxygen atoms in total. The summed E-state index contributed by atoms with van der Waals surface area (Å²) in [5.41, 5.74) is 2.11. The maximum atomic E-state index is 13.1. The first kappa shape index (κ1) is 15.9. The van der Waals surface area contributed by atoms with Crippen LogP contribution in [0.2, 0.25) is 0 Å². The van der Waals surface area contributed by atoms with E-state index in [9.17, 15) is 4.39 Å². The summed E-state index contributed by atoms with van der Waals surface area (Å²) in [7, 11) is 1.69. The lowest BCUT2D eigenvalue weighted by Crippen LogP contribution is -2.34. The molecule has 1 aromatic carbocycles. The van der Waals surface area contributed by atoms with E-state index < -0.39 is 0 Å². The van der Waals surface area contributed by atoms with E-state index in [1.165, 1.54) is 6.07 Å². The van der Waals surface area contributed by atoms with Gasteiger partial charge in [-0.1, -0.05) is 19.1 Å². The Kier molecular flexibility index (Phi) is 6.19. The van der Waals surface area contributed by atoms with Gasteiger partial charge in [-0.2, -0.15) is 0 Å². The second-order valence-electron chi connectivity index (χ2n) is 5.28. The first-order valence-electron chi connectivity index (χ1n) is 6.59. The van der Waals surface area contributed by atoms with Crippen molar-refractivity contribution in [2.45, 2.75) is 20.3 Å². The monoisotopic (exact) mass is 265 g/mol. The van der Waals surface area contributed by atoms with Gasteiger partial charge in [-0.3, -0.25) is 0 Å². The first-order valence-corrected chi connectivity index (χ1v) is 6.59. The maximum Gasteiger partial charge on any atom is 0.123 e. The van der Waals surface area contributed by atoms with Gasteiger partial charge in [0.15, 0.2) is 0 Å². The van der Waals surface area contributed by atoms with Gasteiger partial charge < -0.3 is 10.1 Å². The average molecular weight is 265 g/mol. The summed E-state index contributed by atoms with van der Waals surface area (Å²) in [4.78, 5) is 0. The minimum absolute atomic E-state index is 0.0453. The predicted molar refractivity (Wildman–Crippen MR) is 77.9 cm³/mol. The number of rotatable bonds is 8. The Bertz CT molecular complexity index is 419. The Morgan fingerprint density at radius 2 is 2.21 bits per heavy atom. The number of ether oxygens (including phenoxy) is 1. The highest BCUT2D eigenvalue weighted by atomic mass is 19.1. The van der Waals surface area contributed by atoms with Gasteiger partial charge in [0.2, 0.25) is 0 Å². The lowest BCUT2D eigenvalue weighted by molar-refractivity contribution is 0.195. The second-order valence-corrected chi connectivity index (χ2v) is 5.28. The van der Waals surface area contributed by atoms with Crippen molar-refractivity contribution in [3.05, 3.63) is 47.8 Å². The highest BCUT2D eigenvalue weighted by Gasteiger charge is 2.21. The third kappa shape index (κ3) is 5.13. The molecule has 0 saturated heterocycles. The van der Waals surface area contributed by atoms with Crippen molar-refractivity contribution in [1.82, 2.24) is 5.32 Å². The van der Waals surface area contributed by atoms with Crippen LogP contribution in [0.25, 0.3) is 0 Å². The molecule has 19 heavy (non-hydrogen) atoms. The van der Waals surface area contributed by atoms with Gasteiger partial charge in [0.05, 0.1) is 6.61 Å². The Hall–Kier alpha value is -1.19. The zero-order valence-electron chi connectivity index (χ0n) is 12.1. The molecule has 0 bridgehead atoms. The number of hydrogen-bond donors (Lipinski definition) is 1. The van der Waals surface area contributed by atoms with Crippen LogP contribution in [0.4, 0.5) is 4.39 Å². The van der Waals surface area contributed by atoms with E-state index in [1.54, 1.807) is 13.2 Å². The quantitative estimate of drug-likeness (QED) is 0.576. The first-order chi connectivity index (χ1) is 9.00. The molecule has 0 aliphatic rings. The highest BCUT2D eigenvalue weighted by molar-refractivity contribution is 5.28. The van der Waals surface area contributed by atoms with Crippen LogP contribution in [0.1, 0.15) is 18.1 Å². The Morgan fingerprint density at radius 1 is 1.47 bits per heavy atom. The second kappa shape index (κ2) is 7.41. The van der Waals surface area contributed by atoms with Crippen LogP contribution in [-0.4, -0.2) is 26.8 Å². The third-order valence-electron chi connectivity index (χ3n) is 3.40. The molecule has 0 aliphatic carbocycles. The summed E-state index contributed by atoms with van der Waals surface area (Å²) in [6.45, 7) is 10.4. The number of nitrogens with one attached hydrogen (secondary N) is 1. The van der Waals surface area contributed by atoms with E-state index in [-0.39, 0.29) is 11.2 Å². The molecule has 0 amide bonds. The molecule has 0 heterocycles. The Balaban J connectivity index is 2.66. The normalized spacial score (nSPS) is 14.1. The van der Waals surface area contributed by atoms with Gasteiger partial charge in [-0.05, 0) is 36.6 Å². The topological polar surface area (TPSA) is 21.3 Å². The molecule has 106 valence electrons. The van der Waals surface area contributed by atoms with Crippen LogP contribution in [0.5, 0.6) is 0 Å². The molecule has 1 N–H and O–H groups in total. The van der Waals surface area contributed by atoms with Crippen molar-refractivity contribution in [1.29, 1.82) is 0 Å². The SMILES string of the molecule is C=CC(C)(CNCCOC)Cc1ccc(F)cc1C. The van der Waals surface area contributed by atoms with E-state index in [0.29, 0.717) is 6.61 Å². The summed E-state index contributed by atoms with van der Waals surface area (Å²) in [6, 6.07) is 4.96. The van der Waals surface area contributed by atoms with Crippen molar-refractivity contribution in [2.75, 3.05) is 26.8 Å². The Morgan fingerprint density at radius 3 is 2.79 bits per heavy atom. The summed E-state index contributed by atoms with van der Waals surface area (Å²) >= 11 is 0. The molecule has 0 spiro atoms. The van der Waals surface area contributed by atoms with E-state index in [2.05, 4.69) is 18.8 Å². The molecule has 1 aromatic rings. The van der Waals surface area contributed by atoms with Crippen LogP contribution in [0.3, 0.4) is 0 Å². The molecule has 0 saturated carbocycles.